The van der Waals surface area contributed by atoms with E-state index in [9.17, 15) is 9.59 Å². The van der Waals surface area contributed by atoms with Gasteiger partial charge in [-0.3, -0.25) is 19.4 Å². The first-order valence-electron chi connectivity index (χ1n) is 10.3. The van der Waals surface area contributed by atoms with Crippen molar-refractivity contribution in [3.63, 3.8) is 0 Å². The van der Waals surface area contributed by atoms with E-state index in [0.717, 1.165) is 49.2 Å². The van der Waals surface area contributed by atoms with Crippen LogP contribution in [0.3, 0.4) is 0 Å². The summed E-state index contributed by atoms with van der Waals surface area (Å²) in [5.41, 5.74) is 0.809. The minimum Gasteiger partial charge on any atom is -0.342 e. The fourth-order valence-corrected chi connectivity index (χ4v) is 4.28. The van der Waals surface area contributed by atoms with Gasteiger partial charge < -0.3 is 10.2 Å². The van der Waals surface area contributed by atoms with E-state index in [2.05, 4.69) is 31.0 Å². The molecule has 0 bridgehead atoms. The van der Waals surface area contributed by atoms with E-state index < -0.39 is 0 Å². The second kappa shape index (κ2) is 10.4. The Hall–Kier alpha value is -1.44. The Morgan fingerprint density at radius 2 is 1.57 bits per heavy atom. The molecule has 0 unspecified atom stereocenters. The Morgan fingerprint density at radius 3 is 2.18 bits per heavy atom. The molecular weight excluding hydrogens is 420 g/mol. The zero-order valence-electron chi connectivity index (χ0n) is 16.7. The van der Waals surface area contributed by atoms with Crippen molar-refractivity contribution in [2.75, 3.05) is 51.6 Å². The largest absolute Gasteiger partial charge is 0.342 e. The second-order valence-corrected chi connectivity index (χ2v) is 8.82. The van der Waals surface area contributed by atoms with Gasteiger partial charge in [0.25, 0.3) is 0 Å². The summed E-state index contributed by atoms with van der Waals surface area (Å²) in [6.45, 7) is 4.17. The Kier molecular flexibility index (Phi) is 7.88. The van der Waals surface area contributed by atoms with Crippen LogP contribution in [0.2, 0.25) is 0 Å². The van der Waals surface area contributed by atoms with E-state index in [4.69, 9.17) is 0 Å². The van der Waals surface area contributed by atoms with Crippen molar-refractivity contribution in [2.45, 2.75) is 38.1 Å². The Balaban J connectivity index is 1.37. The van der Waals surface area contributed by atoms with E-state index in [-0.39, 0.29) is 11.8 Å². The summed E-state index contributed by atoms with van der Waals surface area (Å²) in [4.78, 5) is 31.2. The Morgan fingerprint density at radius 1 is 1.00 bits per heavy atom. The van der Waals surface area contributed by atoms with Gasteiger partial charge in [-0.25, -0.2) is 0 Å². The van der Waals surface area contributed by atoms with Gasteiger partial charge in [0.2, 0.25) is 11.8 Å². The molecule has 1 saturated heterocycles. The molecule has 1 aromatic rings. The maximum atomic E-state index is 12.6. The molecule has 1 N–H and O–H groups in total. The highest BCUT2D eigenvalue weighted by molar-refractivity contribution is 9.10. The highest BCUT2D eigenvalue weighted by Crippen LogP contribution is 2.21. The van der Waals surface area contributed by atoms with Crippen LogP contribution in [0, 0.1) is 0 Å². The van der Waals surface area contributed by atoms with E-state index >= 15 is 0 Å². The number of nitrogens with zero attached hydrogens (tertiary/aromatic N) is 3. The fourth-order valence-electron chi connectivity index (χ4n) is 4.02. The summed E-state index contributed by atoms with van der Waals surface area (Å²) in [6.07, 6.45) is 6.06. The fraction of sp³-hybridized carbons (Fsp3) is 0.619. The Labute approximate surface area is 176 Å². The van der Waals surface area contributed by atoms with Gasteiger partial charge in [-0.05, 0) is 37.1 Å². The molecule has 7 heteroatoms. The minimum atomic E-state index is 0.00359. The van der Waals surface area contributed by atoms with Crippen molar-refractivity contribution >= 4 is 33.4 Å². The second-order valence-electron chi connectivity index (χ2n) is 7.90. The SMILES string of the molecule is CN(C(=O)CN1CCN(CC(=O)Nc2ccc(Br)cc2)CC1)C1CCCCC1. The number of hydrogen-bond donors (Lipinski definition) is 1. The summed E-state index contributed by atoms with van der Waals surface area (Å²) in [7, 11) is 1.96. The molecule has 1 saturated carbocycles. The molecule has 1 aromatic carbocycles. The first-order chi connectivity index (χ1) is 13.5. The first kappa shape index (κ1) is 21.3. The number of likely N-dealkylation sites (N-methyl/N-ethyl adjacent to an activating group) is 1. The molecule has 2 fully saturated rings. The minimum absolute atomic E-state index is 0.00359. The maximum absolute atomic E-state index is 12.6. The molecule has 2 aliphatic rings. The van der Waals surface area contributed by atoms with Crippen molar-refractivity contribution < 1.29 is 9.59 Å². The zero-order chi connectivity index (χ0) is 19.9. The molecule has 1 heterocycles. The van der Waals surface area contributed by atoms with E-state index in [1.54, 1.807) is 0 Å². The van der Waals surface area contributed by atoms with E-state index in [0.29, 0.717) is 19.1 Å². The lowest BCUT2D eigenvalue weighted by Gasteiger charge is -2.36. The Bertz CT molecular complexity index is 653. The molecule has 1 aliphatic carbocycles. The van der Waals surface area contributed by atoms with Crippen molar-refractivity contribution in [2.24, 2.45) is 0 Å². The molecular formula is C21H31BrN4O2. The van der Waals surface area contributed by atoms with Crippen LogP contribution in [0.1, 0.15) is 32.1 Å². The number of carbonyl (C=O) groups is 2. The van der Waals surface area contributed by atoms with Gasteiger partial charge in [0.05, 0.1) is 13.1 Å². The average Bonchev–Trinajstić information content (AvgIpc) is 2.71. The van der Waals surface area contributed by atoms with Gasteiger partial charge >= 0.3 is 0 Å². The lowest BCUT2D eigenvalue weighted by molar-refractivity contribution is -0.134. The molecule has 3 rings (SSSR count). The quantitative estimate of drug-likeness (QED) is 0.723. The summed E-state index contributed by atoms with van der Waals surface area (Å²) in [5, 5.41) is 2.94. The molecule has 28 heavy (non-hydrogen) atoms. The molecule has 0 radical (unpaired) electrons. The highest BCUT2D eigenvalue weighted by Gasteiger charge is 2.25. The molecule has 0 atom stereocenters. The number of piperazine rings is 1. The average molecular weight is 451 g/mol. The van der Waals surface area contributed by atoms with Gasteiger partial charge in [-0.15, -0.1) is 0 Å². The lowest BCUT2D eigenvalue weighted by atomic mass is 9.94. The highest BCUT2D eigenvalue weighted by atomic mass is 79.9. The van der Waals surface area contributed by atoms with Gasteiger partial charge in [0.15, 0.2) is 0 Å². The van der Waals surface area contributed by atoms with E-state index in [1.165, 1.54) is 19.3 Å². The number of halogens is 1. The molecule has 0 spiro atoms. The third-order valence-electron chi connectivity index (χ3n) is 5.83. The molecule has 2 amide bonds. The van der Waals surface area contributed by atoms with Crippen LogP contribution in [0.15, 0.2) is 28.7 Å². The van der Waals surface area contributed by atoms with Crippen molar-refractivity contribution in [1.29, 1.82) is 0 Å². The molecule has 1 aliphatic heterocycles. The number of carbonyl (C=O) groups excluding carboxylic acids is 2. The maximum Gasteiger partial charge on any atom is 0.238 e. The van der Waals surface area contributed by atoms with Crippen molar-refractivity contribution in [1.82, 2.24) is 14.7 Å². The molecule has 154 valence electrons. The van der Waals surface area contributed by atoms with Crippen LogP contribution in [-0.4, -0.2) is 78.9 Å². The van der Waals surface area contributed by atoms with Crippen LogP contribution in [0.25, 0.3) is 0 Å². The number of rotatable bonds is 6. The van der Waals surface area contributed by atoms with Gasteiger partial charge in [0.1, 0.15) is 0 Å². The predicted octanol–water partition coefficient (Wildman–Crippen LogP) is 2.80. The number of nitrogens with one attached hydrogen (secondary N) is 1. The van der Waals surface area contributed by atoms with Crippen LogP contribution in [0.4, 0.5) is 5.69 Å². The van der Waals surface area contributed by atoms with Crippen LogP contribution < -0.4 is 5.32 Å². The number of anilines is 1. The summed E-state index contributed by atoms with van der Waals surface area (Å²) in [5.74, 6) is 0.234. The molecule has 6 nitrogen and oxygen atoms in total. The van der Waals surface area contributed by atoms with E-state index in [1.807, 2.05) is 36.2 Å². The smallest absolute Gasteiger partial charge is 0.238 e. The summed E-state index contributed by atoms with van der Waals surface area (Å²) >= 11 is 3.39. The number of benzene rings is 1. The van der Waals surface area contributed by atoms with Gasteiger partial charge in [0, 0.05) is 49.4 Å². The molecule has 0 aromatic heterocycles. The predicted molar refractivity (Wildman–Crippen MR) is 115 cm³/mol. The van der Waals surface area contributed by atoms with Gasteiger partial charge in [-0.1, -0.05) is 35.2 Å². The van der Waals surface area contributed by atoms with Crippen LogP contribution in [-0.2, 0) is 9.59 Å². The zero-order valence-corrected chi connectivity index (χ0v) is 18.3. The summed E-state index contributed by atoms with van der Waals surface area (Å²) in [6, 6.07) is 8.01. The number of hydrogen-bond acceptors (Lipinski definition) is 4. The lowest BCUT2D eigenvalue weighted by Crippen LogP contribution is -2.52. The van der Waals surface area contributed by atoms with Crippen LogP contribution in [0.5, 0.6) is 0 Å². The van der Waals surface area contributed by atoms with Crippen molar-refractivity contribution in [3.8, 4) is 0 Å². The summed E-state index contributed by atoms with van der Waals surface area (Å²) < 4.78 is 0.991. The van der Waals surface area contributed by atoms with Gasteiger partial charge in [-0.2, -0.15) is 0 Å². The third kappa shape index (κ3) is 6.29. The first-order valence-corrected chi connectivity index (χ1v) is 11.1. The topological polar surface area (TPSA) is 55.9 Å². The monoisotopic (exact) mass is 450 g/mol. The standard InChI is InChI=1S/C21H31BrN4O2/c1-24(19-5-3-2-4-6-19)21(28)16-26-13-11-25(12-14-26)15-20(27)23-18-9-7-17(22)8-10-18/h7-10,19H,2-6,11-16H2,1H3,(H,23,27). The third-order valence-corrected chi connectivity index (χ3v) is 6.36. The number of amides is 2. The van der Waals surface area contributed by atoms with Crippen molar-refractivity contribution in [3.05, 3.63) is 28.7 Å². The normalized spacial score (nSPS) is 19.4. The van der Waals surface area contributed by atoms with Crippen LogP contribution >= 0.6 is 15.9 Å².